The van der Waals surface area contributed by atoms with Crippen LogP contribution < -0.4 is 0 Å². The van der Waals surface area contributed by atoms with E-state index in [2.05, 4.69) is 84.0 Å². The van der Waals surface area contributed by atoms with Crippen molar-refractivity contribution in [2.24, 2.45) is 17.8 Å². The van der Waals surface area contributed by atoms with E-state index >= 15 is 0 Å². The Labute approximate surface area is 131 Å². The average molecular weight is 282 g/mol. The topological polar surface area (TPSA) is 0 Å². The van der Waals surface area contributed by atoms with E-state index in [-0.39, 0.29) is 5.41 Å². The van der Waals surface area contributed by atoms with Gasteiger partial charge in [0.1, 0.15) is 0 Å². The lowest BCUT2D eigenvalue weighted by atomic mass is 9.63. The van der Waals surface area contributed by atoms with Gasteiger partial charge < -0.3 is 0 Å². The molecule has 1 aromatic carbocycles. The van der Waals surface area contributed by atoms with E-state index < -0.39 is 0 Å². The molecule has 0 aromatic heterocycles. The fraction of sp³-hybridized carbons (Fsp3) is 0.524. The van der Waals surface area contributed by atoms with Crippen LogP contribution in [0, 0.1) is 17.8 Å². The van der Waals surface area contributed by atoms with Crippen molar-refractivity contribution in [3.63, 3.8) is 0 Å². The number of allylic oxidation sites excluding steroid dienone is 4. The molecule has 0 fully saturated rings. The van der Waals surface area contributed by atoms with Gasteiger partial charge >= 0.3 is 0 Å². The maximum atomic E-state index is 2.56. The third kappa shape index (κ3) is 3.15. The van der Waals surface area contributed by atoms with Crippen LogP contribution in [0.5, 0.6) is 0 Å². The van der Waals surface area contributed by atoms with Crippen molar-refractivity contribution >= 4 is 0 Å². The standard InChI is InChI=1S/C21H30/c1-15(2)18-12-19(16(3)4)14-21(13-18,17(5)6)20-10-8-7-9-11-20/h7-13,15-17H,14H2,1-6H3. The molecule has 0 bridgehead atoms. The highest BCUT2D eigenvalue weighted by Gasteiger charge is 2.37. The first-order valence-corrected chi connectivity index (χ1v) is 8.35. The highest BCUT2D eigenvalue weighted by Crippen LogP contribution is 2.45. The van der Waals surface area contributed by atoms with Crippen LogP contribution in [-0.2, 0) is 5.41 Å². The SMILES string of the molecule is CC(C)C1=CC(c2ccccc2)(C(C)C)CC(C(C)C)=C1. The molecule has 0 aliphatic heterocycles. The number of hydrogen-bond acceptors (Lipinski definition) is 0. The summed E-state index contributed by atoms with van der Waals surface area (Å²) in [6, 6.07) is 11.1. The van der Waals surface area contributed by atoms with E-state index in [4.69, 9.17) is 0 Å². The van der Waals surface area contributed by atoms with Crippen LogP contribution in [-0.4, -0.2) is 0 Å². The molecule has 2 rings (SSSR count). The van der Waals surface area contributed by atoms with Gasteiger partial charge in [-0.2, -0.15) is 0 Å². The van der Waals surface area contributed by atoms with Crippen LogP contribution in [0.1, 0.15) is 53.5 Å². The number of hydrogen-bond donors (Lipinski definition) is 0. The summed E-state index contributed by atoms with van der Waals surface area (Å²) in [4.78, 5) is 0. The van der Waals surface area contributed by atoms with Crippen LogP contribution in [0.4, 0.5) is 0 Å². The molecule has 1 aliphatic carbocycles. The van der Waals surface area contributed by atoms with Gasteiger partial charge in [-0.25, -0.2) is 0 Å². The van der Waals surface area contributed by atoms with Gasteiger partial charge in [-0.05, 0) is 35.3 Å². The summed E-state index contributed by atoms with van der Waals surface area (Å²) in [5, 5.41) is 0. The zero-order valence-electron chi connectivity index (χ0n) is 14.5. The second-order valence-electron chi connectivity index (χ2n) is 7.41. The van der Waals surface area contributed by atoms with Crippen molar-refractivity contribution in [3.8, 4) is 0 Å². The van der Waals surface area contributed by atoms with E-state index in [0.29, 0.717) is 17.8 Å². The summed E-state index contributed by atoms with van der Waals surface area (Å²) in [6.45, 7) is 14.0. The summed E-state index contributed by atoms with van der Waals surface area (Å²) in [6.07, 6.45) is 6.17. The molecule has 0 radical (unpaired) electrons. The monoisotopic (exact) mass is 282 g/mol. The Morgan fingerprint density at radius 3 is 1.95 bits per heavy atom. The Kier molecular flexibility index (Phi) is 4.76. The quantitative estimate of drug-likeness (QED) is 0.621. The summed E-state index contributed by atoms with van der Waals surface area (Å²) in [5.41, 5.74) is 4.71. The fourth-order valence-electron chi connectivity index (χ4n) is 3.34. The third-order valence-electron chi connectivity index (χ3n) is 5.02. The first kappa shape index (κ1) is 16.1. The van der Waals surface area contributed by atoms with Crippen molar-refractivity contribution in [2.75, 3.05) is 0 Å². The first-order valence-electron chi connectivity index (χ1n) is 8.35. The summed E-state index contributed by atoms with van der Waals surface area (Å²) in [5.74, 6) is 1.80. The largest absolute Gasteiger partial charge is 0.0699 e. The second-order valence-corrected chi connectivity index (χ2v) is 7.41. The highest BCUT2D eigenvalue weighted by molar-refractivity contribution is 5.44. The molecule has 0 amide bonds. The van der Waals surface area contributed by atoms with Gasteiger partial charge in [0.2, 0.25) is 0 Å². The van der Waals surface area contributed by atoms with Gasteiger partial charge in [-0.3, -0.25) is 0 Å². The summed E-state index contributed by atoms with van der Waals surface area (Å²) < 4.78 is 0. The molecule has 1 aliphatic rings. The zero-order chi connectivity index (χ0) is 15.6. The smallest absolute Gasteiger partial charge is 0.0198 e. The van der Waals surface area contributed by atoms with E-state index in [9.17, 15) is 0 Å². The fourth-order valence-corrected chi connectivity index (χ4v) is 3.34. The lowest BCUT2D eigenvalue weighted by molar-refractivity contribution is 0.361. The van der Waals surface area contributed by atoms with E-state index in [1.165, 1.54) is 11.1 Å². The molecule has 0 saturated heterocycles. The molecule has 0 saturated carbocycles. The molecule has 0 N–H and O–H groups in total. The van der Waals surface area contributed by atoms with Crippen LogP contribution in [0.15, 0.2) is 53.6 Å². The van der Waals surface area contributed by atoms with Crippen molar-refractivity contribution in [1.29, 1.82) is 0 Å². The van der Waals surface area contributed by atoms with Gasteiger partial charge in [-0.15, -0.1) is 0 Å². The molecule has 0 heterocycles. The molecule has 0 nitrogen and oxygen atoms in total. The lowest BCUT2D eigenvalue weighted by Crippen LogP contribution is -2.34. The van der Waals surface area contributed by atoms with E-state index in [1.807, 2.05) is 0 Å². The Morgan fingerprint density at radius 2 is 1.48 bits per heavy atom. The van der Waals surface area contributed by atoms with Crippen molar-refractivity contribution in [2.45, 2.75) is 53.4 Å². The molecule has 1 atom stereocenters. The van der Waals surface area contributed by atoms with Crippen LogP contribution in [0.2, 0.25) is 0 Å². The van der Waals surface area contributed by atoms with Crippen LogP contribution in [0.25, 0.3) is 0 Å². The van der Waals surface area contributed by atoms with Gasteiger partial charge in [0, 0.05) is 5.41 Å². The number of rotatable bonds is 4. The molecule has 114 valence electrons. The van der Waals surface area contributed by atoms with Crippen molar-refractivity contribution in [3.05, 3.63) is 59.2 Å². The second kappa shape index (κ2) is 6.22. The summed E-state index contributed by atoms with van der Waals surface area (Å²) >= 11 is 0. The normalized spacial score (nSPS) is 22.7. The maximum Gasteiger partial charge on any atom is 0.0198 e. The average Bonchev–Trinajstić information content (AvgIpc) is 2.47. The van der Waals surface area contributed by atoms with Gasteiger partial charge in [0.15, 0.2) is 0 Å². The number of benzene rings is 1. The zero-order valence-corrected chi connectivity index (χ0v) is 14.5. The van der Waals surface area contributed by atoms with E-state index in [1.54, 1.807) is 5.57 Å². The maximum absolute atomic E-state index is 2.56. The van der Waals surface area contributed by atoms with Crippen molar-refractivity contribution in [1.82, 2.24) is 0 Å². The Hall–Kier alpha value is -1.30. The minimum atomic E-state index is 0.148. The molecule has 1 aromatic rings. The first-order chi connectivity index (χ1) is 9.86. The Bertz CT molecular complexity index is 528. The summed E-state index contributed by atoms with van der Waals surface area (Å²) in [7, 11) is 0. The van der Waals surface area contributed by atoms with Gasteiger partial charge in [0.05, 0.1) is 0 Å². The molecular formula is C21H30. The molecule has 1 unspecified atom stereocenters. The lowest BCUT2D eigenvalue weighted by Gasteiger charge is -2.41. The minimum absolute atomic E-state index is 0.148. The van der Waals surface area contributed by atoms with Gasteiger partial charge in [0.25, 0.3) is 0 Å². The minimum Gasteiger partial charge on any atom is -0.0699 e. The predicted octanol–water partition coefficient (Wildman–Crippen LogP) is 6.15. The van der Waals surface area contributed by atoms with Crippen LogP contribution >= 0.6 is 0 Å². The van der Waals surface area contributed by atoms with E-state index in [0.717, 1.165) is 6.42 Å². The van der Waals surface area contributed by atoms with Gasteiger partial charge in [-0.1, -0.05) is 89.6 Å². The molecule has 0 spiro atoms. The predicted molar refractivity (Wildman–Crippen MR) is 93.4 cm³/mol. The molecular weight excluding hydrogens is 252 g/mol. The Morgan fingerprint density at radius 1 is 0.857 bits per heavy atom. The van der Waals surface area contributed by atoms with Crippen LogP contribution in [0.3, 0.4) is 0 Å². The molecule has 21 heavy (non-hydrogen) atoms. The highest BCUT2D eigenvalue weighted by atomic mass is 14.4. The Balaban J connectivity index is 2.59. The third-order valence-corrected chi connectivity index (χ3v) is 5.02. The molecule has 0 heteroatoms. The van der Waals surface area contributed by atoms with Crippen molar-refractivity contribution < 1.29 is 0 Å².